The molecule has 0 aliphatic carbocycles. The van der Waals surface area contributed by atoms with Crippen LogP contribution in [0.15, 0.2) is 59.0 Å². The number of rotatable bonds is 9. The van der Waals surface area contributed by atoms with E-state index >= 15 is 0 Å². The molecule has 152 valence electrons. The van der Waals surface area contributed by atoms with E-state index < -0.39 is 13.5 Å². The molecule has 1 aromatic heterocycles. The number of aromatic nitrogens is 2. The molecule has 0 radical (unpaired) electrons. The molecule has 1 N–H and O–H groups in total. The van der Waals surface area contributed by atoms with Gasteiger partial charge >= 0.3 is 13.6 Å². The highest BCUT2D eigenvalue weighted by Crippen LogP contribution is 2.51. The van der Waals surface area contributed by atoms with Crippen LogP contribution in [-0.4, -0.2) is 29.3 Å². The number of carbonyl (C=O) groups is 1. The normalized spacial score (nSPS) is 11.4. The Kier molecular flexibility index (Phi) is 6.93. The van der Waals surface area contributed by atoms with Crippen molar-refractivity contribution in [3.05, 3.63) is 65.7 Å². The molecule has 0 saturated heterocycles. The van der Waals surface area contributed by atoms with Gasteiger partial charge in [-0.1, -0.05) is 35.4 Å². The lowest BCUT2D eigenvalue weighted by Gasteiger charge is -2.17. The van der Waals surface area contributed by atoms with E-state index in [0.29, 0.717) is 24.7 Å². The second-order valence-corrected chi connectivity index (χ2v) is 8.09. The summed E-state index contributed by atoms with van der Waals surface area (Å²) in [6.45, 7) is 4.12. The molecule has 0 aliphatic heterocycles. The Morgan fingerprint density at radius 3 is 2.28 bits per heavy atom. The van der Waals surface area contributed by atoms with Crippen LogP contribution in [0, 0.1) is 0 Å². The molecule has 1 amide bonds. The van der Waals surface area contributed by atoms with E-state index in [-0.39, 0.29) is 12.2 Å². The first-order valence-electron chi connectivity index (χ1n) is 9.20. The van der Waals surface area contributed by atoms with Crippen molar-refractivity contribution in [2.75, 3.05) is 18.5 Å². The SMILES string of the molecule is CCOP(=O)(Cc1ccc(C(=O)Nc2nnc(-c3ccccc3)o2)cc1)OCC. The lowest BCUT2D eigenvalue weighted by Crippen LogP contribution is -2.12. The van der Waals surface area contributed by atoms with Crippen molar-refractivity contribution >= 4 is 19.5 Å². The first-order chi connectivity index (χ1) is 14.0. The fourth-order valence-corrected chi connectivity index (χ4v) is 4.35. The van der Waals surface area contributed by atoms with Crippen LogP contribution >= 0.6 is 7.60 Å². The molecule has 3 rings (SSSR count). The van der Waals surface area contributed by atoms with Gasteiger partial charge in [-0.3, -0.25) is 14.7 Å². The molecule has 8 nitrogen and oxygen atoms in total. The van der Waals surface area contributed by atoms with Crippen LogP contribution in [-0.2, 0) is 19.8 Å². The van der Waals surface area contributed by atoms with Gasteiger partial charge in [0.25, 0.3) is 5.91 Å². The van der Waals surface area contributed by atoms with E-state index in [4.69, 9.17) is 13.5 Å². The number of anilines is 1. The van der Waals surface area contributed by atoms with Crippen molar-refractivity contribution < 1.29 is 22.8 Å². The largest absolute Gasteiger partial charge is 0.403 e. The van der Waals surface area contributed by atoms with Gasteiger partial charge in [0.05, 0.1) is 19.4 Å². The van der Waals surface area contributed by atoms with Crippen LogP contribution in [0.25, 0.3) is 11.5 Å². The van der Waals surface area contributed by atoms with Crippen molar-refractivity contribution in [2.45, 2.75) is 20.0 Å². The van der Waals surface area contributed by atoms with E-state index in [1.165, 1.54) is 0 Å². The van der Waals surface area contributed by atoms with Crippen LogP contribution in [0.5, 0.6) is 0 Å². The van der Waals surface area contributed by atoms with Gasteiger partial charge in [0.2, 0.25) is 5.89 Å². The standard InChI is InChI=1S/C20H22N3O5P/c1-3-26-29(25,27-4-2)14-15-10-12-16(13-11-15)18(24)21-20-23-22-19(28-20)17-8-6-5-7-9-17/h5-13H,3-4,14H2,1-2H3,(H,21,23,24). The molecule has 3 aromatic rings. The molecule has 0 spiro atoms. The maximum Gasteiger partial charge on any atom is 0.335 e. The van der Waals surface area contributed by atoms with Gasteiger partial charge in [0.1, 0.15) is 0 Å². The minimum atomic E-state index is -3.20. The number of carbonyl (C=O) groups excluding carboxylic acids is 1. The summed E-state index contributed by atoms with van der Waals surface area (Å²) >= 11 is 0. The Bertz CT molecular complexity index is 979. The zero-order valence-electron chi connectivity index (χ0n) is 16.2. The molecule has 0 atom stereocenters. The maximum atomic E-state index is 12.6. The van der Waals surface area contributed by atoms with Crippen LogP contribution in [0.3, 0.4) is 0 Å². The molecule has 0 saturated carbocycles. The highest BCUT2D eigenvalue weighted by atomic mass is 31.2. The van der Waals surface area contributed by atoms with Gasteiger partial charge in [-0.15, -0.1) is 5.10 Å². The molecule has 2 aromatic carbocycles. The van der Waals surface area contributed by atoms with Gasteiger partial charge in [0.15, 0.2) is 0 Å². The summed E-state index contributed by atoms with van der Waals surface area (Å²) in [4.78, 5) is 12.4. The average Bonchev–Trinajstić information content (AvgIpc) is 3.18. The molecule has 9 heteroatoms. The number of amides is 1. The van der Waals surface area contributed by atoms with Gasteiger partial charge in [-0.2, -0.15) is 0 Å². The van der Waals surface area contributed by atoms with Crippen molar-refractivity contribution in [1.82, 2.24) is 10.2 Å². The van der Waals surface area contributed by atoms with Crippen LogP contribution in [0.4, 0.5) is 6.01 Å². The zero-order valence-corrected chi connectivity index (χ0v) is 17.1. The lowest BCUT2D eigenvalue weighted by molar-refractivity contribution is 0.102. The average molecular weight is 415 g/mol. The zero-order chi connectivity index (χ0) is 20.7. The predicted octanol–water partition coefficient (Wildman–Crippen LogP) is 4.76. The Morgan fingerprint density at radius 1 is 1.00 bits per heavy atom. The second kappa shape index (κ2) is 9.60. The van der Waals surface area contributed by atoms with Crippen molar-refractivity contribution in [2.24, 2.45) is 0 Å². The minimum absolute atomic E-state index is 0.00937. The molecule has 29 heavy (non-hydrogen) atoms. The van der Waals surface area contributed by atoms with E-state index in [2.05, 4.69) is 15.5 Å². The summed E-state index contributed by atoms with van der Waals surface area (Å²) in [5, 5.41) is 10.4. The first-order valence-corrected chi connectivity index (χ1v) is 10.9. The van der Waals surface area contributed by atoms with E-state index in [1.54, 1.807) is 38.1 Å². The minimum Gasteiger partial charge on any atom is -0.403 e. The Morgan fingerprint density at radius 2 is 1.66 bits per heavy atom. The smallest absolute Gasteiger partial charge is 0.335 e. The summed E-state index contributed by atoms with van der Waals surface area (Å²) in [7, 11) is -3.20. The number of nitrogens with one attached hydrogen (secondary N) is 1. The Labute approximate surface area is 168 Å². The van der Waals surface area contributed by atoms with Crippen LogP contribution in [0.2, 0.25) is 0 Å². The third-order valence-electron chi connectivity index (χ3n) is 3.91. The lowest BCUT2D eigenvalue weighted by atomic mass is 10.1. The van der Waals surface area contributed by atoms with Gasteiger partial charge in [-0.05, 0) is 43.7 Å². The van der Waals surface area contributed by atoms with E-state index in [9.17, 15) is 9.36 Å². The van der Waals surface area contributed by atoms with Crippen molar-refractivity contribution in [3.63, 3.8) is 0 Å². The topological polar surface area (TPSA) is 104 Å². The van der Waals surface area contributed by atoms with E-state index in [0.717, 1.165) is 11.1 Å². The highest BCUT2D eigenvalue weighted by molar-refractivity contribution is 7.53. The number of benzene rings is 2. The first kappa shape index (κ1) is 20.9. The van der Waals surface area contributed by atoms with Gasteiger partial charge < -0.3 is 13.5 Å². The number of hydrogen-bond donors (Lipinski definition) is 1. The Balaban J connectivity index is 1.65. The fraction of sp³-hybridized carbons (Fsp3) is 0.250. The van der Waals surface area contributed by atoms with Crippen LogP contribution < -0.4 is 5.32 Å². The molecule has 0 aliphatic rings. The van der Waals surface area contributed by atoms with Crippen molar-refractivity contribution in [3.8, 4) is 11.5 Å². The van der Waals surface area contributed by atoms with Gasteiger partial charge in [-0.25, -0.2) is 0 Å². The monoisotopic (exact) mass is 415 g/mol. The third-order valence-corrected chi connectivity index (χ3v) is 5.97. The summed E-state index contributed by atoms with van der Waals surface area (Å²) in [5.74, 6) is -0.0727. The predicted molar refractivity (Wildman–Crippen MR) is 109 cm³/mol. The van der Waals surface area contributed by atoms with E-state index in [1.807, 2.05) is 30.3 Å². The summed E-state index contributed by atoms with van der Waals surface area (Å²) in [5.41, 5.74) is 1.91. The molecular weight excluding hydrogens is 393 g/mol. The second-order valence-electron chi connectivity index (χ2n) is 6.03. The molecule has 0 bridgehead atoms. The Hall–Kier alpha value is -2.80. The summed E-state index contributed by atoms with van der Waals surface area (Å²) in [6.07, 6.45) is 0.140. The molecule has 0 unspecified atom stereocenters. The maximum absolute atomic E-state index is 12.6. The van der Waals surface area contributed by atoms with Gasteiger partial charge in [0, 0.05) is 11.1 Å². The fourth-order valence-electron chi connectivity index (χ4n) is 2.65. The summed E-state index contributed by atoms with van der Waals surface area (Å²) in [6, 6.07) is 15.9. The van der Waals surface area contributed by atoms with Crippen LogP contribution in [0.1, 0.15) is 29.8 Å². The van der Waals surface area contributed by atoms with Crippen molar-refractivity contribution in [1.29, 1.82) is 0 Å². The summed E-state index contributed by atoms with van der Waals surface area (Å²) < 4.78 is 28.7. The molecule has 1 heterocycles. The molecular formula is C20H22N3O5P. The highest BCUT2D eigenvalue weighted by Gasteiger charge is 2.24. The molecule has 0 fully saturated rings. The quantitative estimate of drug-likeness (QED) is 0.503. The number of hydrogen-bond acceptors (Lipinski definition) is 7. The third kappa shape index (κ3) is 5.60. The number of nitrogens with zero attached hydrogens (tertiary/aromatic N) is 2.